The lowest BCUT2D eigenvalue weighted by Gasteiger charge is -2.22. The number of carbonyl (C=O) groups excluding carboxylic acids is 2. The molecule has 5 nitrogen and oxygen atoms in total. The average molecular weight is 405 g/mol. The van der Waals surface area contributed by atoms with Crippen LogP contribution in [0.3, 0.4) is 0 Å². The molecule has 7 heteroatoms. The Balaban J connectivity index is 1.62. The highest BCUT2D eigenvalue weighted by molar-refractivity contribution is 6.18. The molecule has 0 aliphatic carbocycles. The van der Waals surface area contributed by atoms with Crippen LogP contribution in [-0.4, -0.2) is 24.1 Å². The van der Waals surface area contributed by atoms with Gasteiger partial charge < -0.3 is 10.2 Å². The molecule has 150 valence electrons. The summed E-state index contributed by atoms with van der Waals surface area (Å²) in [5.74, 6) is -1.82. The molecule has 0 radical (unpaired) electrons. The molecule has 2 amide bonds. The van der Waals surface area contributed by atoms with E-state index in [9.17, 15) is 18.4 Å². The number of para-hydroxylation sites is 3. The van der Waals surface area contributed by atoms with Gasteiger partial charge in [0.05, 0.1) is 29.2 Å². The molecule has 30 heavy (non-hydrogen) atoms. The number of amides is 2. The minimum absolute atomic E-state index is 0.0429. The lowest BCUT2D eigenvalue weighted by molar-refractivity contribution is -0.120. The van der Waals surface area contributed by atoms with Gasteiger partial charge in [-0.2, -0.15) is 0 Å². The maximum atomic E-state index is 13.8. The average Bonchev–Trinajstić information content (AvgIpc) is 2.87. The largest absolute Gasteiger partial charge is 0.322 e. The molecule has 0 atom stereocenters. The highest BCUT2D eigenvalue weighted by Crippen LogP contribution is 2.33. The van der Waals surface area contributed by atoms with E-state index in [2.05, 4.69) is 10.3 Å². The van der Waals surface area contributed by atoms with E-state index in [1.807, 2.05) is 0 Å². The second kappa shape index (κ2) is 8.24. The third kappa shape index (κ3) is 4.10. The maximum Gasteiger partial charge on any atom is 0.244 e. The molecule has 0 saturated heterocycles. The molecule has 0 unspecified atom stereocenters. The minimum atomic E-state index is -0.560. The van der Waals surface area contributed by atoms with Gasteiger partial charge in [0.25, 0.3) is 0 Å². The van der Waals surface area contributed by atoms with Crippen LogP contribution in [-0.2, 0) is 9.59 Å². The van der Waals surface area contributed by atoms with E-state index in [1.54, 1.807) is 42.5 Å². The molecule has 1 N–H and O–H groups in total. The monoisotopic (exact) mass is 405 g/mol. The van der Waals surface area contributed by atoms with Crippen molar-refractivity contribution < 1.29 is 18.4 Å². The van der Waals surface area contributed by atoms with E-state index in [0.717, 1.165) is 0 Å². The Kier molecular flexibility index (Phi) is 5.34. The lowest BCUT2D eigenvalue weighted by Crippen LogP contribution is -2.38. The second-order valence-electron chi connectivity index (χ2n) is 6.74. The lowest BCUT2D eigenvalue weighted by atomic mass is 10.1. The van der Waals surface area contributed by atoms with Gasteiger partial charge in [-0.05, 0) is 42.0 Å². The molecule has 1 heterocycles. The van der Waals surface area contributed by atoms with Crippen molar-refractivity contribution in [3.63, 3.8) is 0 Å². The number of fused-ring (bicyclic) bond motifs is 1. The van der Waals surface area contributed by atoms with Gasteiger partial charge in [-0.15, -0.1) is 0 Å². The van der Waals surface area contributed by atoms with Gasteiger partial charge >= 0.3 is 0 Å². The van der Waals surface area contributed by atoms with Crippen LogP contribution in [0.2, 0.25) is 0 Å². The van der Waals surface area contributed by atoms with E-state index < -0.39 is 11.7 Å². The molecule has 0 saturated carbocycles. The molecule has 0 spiro atoms. The summed E-state index contributed by atoms with van der Waals surface area (Å²) in [5, 5.41) is 2.49. The van der Waals surface area contributed by atoms with Crippen molar-refractivity contribution in [1.82, 2.24) is 0 Å². The van der Waals surface area contributed by atoms with Crippen LogP contribution in [0.15, 0.2) is 77.8 Å². The summed E-state index contributed by atoms with van der Waals surface area (Å²) in [7, 11) is 0. The van der Waals surface area contributed by atoms with Gasteiger partial charge in [-0.3, -0.25) is 14.6 Å². The summed E-state index contributed by atoms with van der Waals surface area (Å²) in [6, 6.07) is 18.5. The summed E-state index contributed by atoms with van der Waals surface area (Å²) in [6.07, 6.45) is -0.0622. The number of rotatable bonds is 4. The van der Waals surface area contributed by atoms with E-state index in [4.69, 9.17) is 0 Å². The predicted molar refractivity (Wildman–Crippen MR) is 111 cm³/mol. The standard InChI is InChI=1S/C23H17F2N3O2/c24-16-11-9-15(10-12-16)20-13-23(30)28(21-8-4-3-7-19(21)26-20)14-22(29)27-18-6-2-1-5-17(18)25/h1-12H,13-14H2,(H,27,29). The van der Waals surface area contributed by atoms with Crippen molar-refractivity contribution >= 4 is 34.6 Å². The summed E-state index contributed by atoms with van der Waals surface area (Å²) in [4.78, 5) is 31.4. The highest BCUT2D eigenvalue weighted by Gasteiger charge is 2.26. The Morgan fingerprint density at radius 1 is 0.967 bits per heavy atom. The number of halogens is 2. The number of benzene rings is 3. The highest BCUT2D eigenvalue weighted by atomic mass is 19.1. The normalized spacial score (nSPS) is 13.3. The van der Waals surface area contributed by atoms with Gasteiger partial charge in [-0.25, -0.2) is 8.78 Å². The van der Waals surface area contributed by atoms with Gasteiger partial charge in [0.1, 0.15) is 18.2 Å². The zero-order valence-corrected chi connectivity index (χ0v) is 15.8. The van der Waals surface area contributed by atoms with Crippen molar-refractivity contribution in [2.45, 2.75) is 6.42 Å². The maximum absolute atomic E-state index is 13.8. The van der Waals surface area contributed by atoms with Gasteiger partial charge in [0.15, 0.2) is 0 Å². The topological polar surface area (TPSA) is 61.8 Å². The second-order valence-corrected chi connectivity index (χ2v) is 6.74. The Morgan fingerprint density at radius 2 is 1.67 bits per heavy atom. The summed E-state index contributed by atoms with van der Waals surface area (Å²) in [5.41, 5.74) is 2.13. The molecule has 1 aliphatic rings. The van der Waals surface area contributed by atoms with Gasteiger partial charge in [-0.1, -0.05) is 36.4 Å². The minimum Gasteiger partial charge on any atom is -0.322 e. The third-order valence-electron chi connectivity index (χ3n) is 4.67. The predicted octanol–water partition coefficient (Wildman–Crippen LogP) is 4.46. The van der Waals surface area contributed by atoms with Gasteiger partial charge in [0.2, 0.25) is 11.8 Å². The van der Waals surface area contributed by atoms with Crippen molar-refractivity contribution in [2.24, 2.45) is 4.99 Å². The first-order valence-electron chi connectivity index (χ1n) is 9.28. The number of nitrogens with zero attached hydrogens (tertiary/aromatic N) is 2. The quantitative estimate of drug-likeness (QED) is 0.697. The third-order valence-corrected chi connectivity index (χ3v) is 4.67. The van der Waals surface area contributed by atoms with Crippen LogP contribution in [0.5, 0.6) is 0 Å². The number of anilines is 2. The number of carbonyl (C=O) groups is 2. The van der Waals surface area contributed by atoms with Crippen LogP contribution in [0.25, 0.3) is 0 Å². The van der Waals surface area contributed by atoms with Crippen molar-refractivity contribution in [1.29, 1.82) is 0 Å². The molecule has 3 aromatic rings. The molecule has 0 aromatic heterocycles. The molecule has 0 fully saturated rings. The fourth-order valence-corrected chi connectivity index (χ4v) is 3.22. The van der Waals surface area contributed by atoms with E-state index in [-0.39, 0.29) is 30.4 Å². The van der Waals surface area contributed by atoms with Crippen LogP contribution >= 0.6 is 0 Å². The summed E-state index contributed by atoms with van der Waals surface area (Å²) in [6.45, 7) is -0.295. The fourth-order valence-electron chi connectivity index (χ4n) is 3.22. The first-order valence-corrected chi connectivity index (χ1v) is 9.28. The molecule has 4 rings (SSSR count). The first kappa shape index (κ1) is 19.4. The summed E-state index contributed by atoms with van der Waals surface area (Å²) >= 11 is 0. The zero-order chi connectivity index (χ0) is 21.1. The van der Waals surface area contributed by atoms with Crippen LogP contribution in [0, 0.1) is 11.6 Å². The van der Waals surface area contributed by atoms with Gasteiger partial charge in [0, 0.05) is 0 Å². The van der Waals surface area contributed by atoms with E-state index in [0.29, 0.717) is 22.6 Å². The first-order chi connectivity index (χ1) is 14.5. The SMILES string of the molecule is O=C(CN1C(=O)CC(c2ccc(F)cc2)=Nc2ccccc21)Nc1ccccc1F. The zero-order valence-electron chi connectivity index (χ0n) is 15.8. The number of aliphatic imine (C=N–C) groups is 1. The Labute approximate surface area is 171 Å². The number of nitrogens with one attached hydrogen (secondary N) is 1. The van der Waals surface area contributed by atoms with Crippen molar-refractivity contribution in [3.05, 3.63) is 90.0 Å². The molecule has 3 aromatic carbocycles. The Morgan fingerprint density at radius 3 is 2.43 bits per heavy atom. The van der Waals surface area contributed by atoms with Crippen molar-refractivity contribution in [3.8, 4) is 0 Å². The van der Waals surface area contributed by atoms with Crippen LogP contribution in [0.1, 0.15) is 12.0 Å². The number of hydrogen-bond acceptors (Lipinski definition) is 3. The smallest absolute Gasteiger partial charge is 0.244 e. The molecule has 0 bridgehead atoms. The van der Waals surface area contributed by atoms with Crippen LogP contribution in [0.4, 0.5) is 25.8 Å². The van der Waals surface area contributed by atoms with E-state index in [1.165, 1.54) is 35.2 Å². The molecular weight excluding hydrogens is 388 g/mol. The fraction of sp³-hybridized carbons (Fsp3) is 0.0870. The molecule has 1 aliphatic heterocycles. The Bertz CT molecular complexity index is 1140. The summed E-state index contributed by atoms with van der Waals surface area (Å²) < 4.78 is 27.1. The Hall–Kier alpha value is -3.87. The van der Waals surface area contributed by atoms with E-state index >= 15 is 0 Å². The number of hydrogen-bond donors (Lipinski definition) is 1. The van der Waals surface area contributed by atoms with Crippen LogP contribution < -0.4 is 10.2 Å². The molecular formula is C23H17F2N3O2. The van der Waals surface area contributed by atoms with Crippen molar-refractivity contribution in [2.75, 3.05) is 16.8 Å².